The van der Waals surface area contributed by atoms with Crippen molar-refractivity contribution in [3.05, 3.63) is 0 Å². The second-order valence-corrected chi connectivity index (χ2v) is 9.04. The number of morpholine rings is 1. The normalized spacial score (nSPS) is 25.5. The molecule has 3 fully saturated rings. The zero-order valence-electron chi connectivity index (χ0n) is 20.7. The van der Waals surface area contributed by atoms with Crippen LogP contribution < -0.4 is 5.32 Å². The zero-order chi connectivity index (χ0) is 24.3. The van der Waals surface area contributed by atoms with Crippen LogP contribution in [0.4, 0.5) is 4.79 Å². The van der Waals surface area contributed by atoms with Crippen LogP contribution >= 0.6 is 0 Å². The molecule has 2 heterocycles. The highest BCUT2D eigenvalue weighted by atomic mass is 16.5. The minimum absolute atomic E-state index is 0.0544. The van der Waals surface area contributed by atoms with Crippen molar-refractivity contribution in [2.75, 3.05) is 59.1 Å². The fraction of sp³-hybridized carbons (Fsp3) is 0.833. The second-order valence-electron chi connectivity index (χ2n) is 9.04. The Morgan fingerprint density at radius 3 is 2.59 bits per heavy atom. The lowest BCUT2D eigenvalue weighted by Crippen LogP contribution is -2.58. The van der Waals surface area contributed by atoms with Crippen LogP contribution in [0, 0.1) is 17.2 Å². The molecule has 34 heavy (non-hydrogen) atoms. The summed E-state index contributed by atoms with van der Waals surface area (Å²) in [6, 6.07) is 2.28. The van der Waals surface area contributed by atoms with E-state index in [0.29, 0.717) is 51.8 Å². The first-order valence-corrected chi connectivity index (χ1v) is 12.8. The van der Waals surface area contributed by atoms with E-state index >= 15 is 0 Å². The van der Waals surface area contributed by atoms with Gasteiger partial charge in [0.1, 0.15) is 0 Å². The molecule has 0 bridgehead atoms. The predicted octanol–water partition coefficient (Wildman–Crippen LogP) is 1.82. The summed E-state index contributed by atoms with van der Waals surface area (Å²) in [6.45, 7) is 9.26. The van der Waals surface area contributed by atoms with Gasteiger partial charge in [0.2, 0.25) is 11.9 Å². The van der Waals surface area contributed by atoms with Crippen molar-refractivity contribution in [3.63, 3.8) is 0 Å². The summed E-state index contributed by atoms with van der Waals surface area (Å²) >= 11 is 0. The lowest BCUT2D eigenvalue weighted by Gasteiger charge is -2.45. The fourth-order valence-electron chi connectivity index (χ4n) is 5.38. The minimum Gasteiger partial charge on any atom is -0.448 e. The fourth-order valence-corrected chi connectivity index (χ4v) is 5.38. The number of amides is 2. The number of hydrogen-bond donors (Lipinski definition) is 1. The Labute approximate surface area is 203 Å². The van der Waals surface area contributed by atoms with E-state index in [-0.39, 0.29) is 30.5 Å². The summed E-state index contributed by atoms with van der Waals surface area (Å²) in [4.78, 5) is 36.9. The second kappa shape index (κ2) is 13.5. The van der Waals surface area contributed by atoms with Gasteiger partial charge in [0, 0.05) is 44.8 Å². The summed E-state index contributed by atoms with van der Waals surface area (Å²) in [7, 11) is 0. The van der Waals surface area contributed by atoms with Crippen molar-refractivity contribution in [1.29, 1.82) is 5.26 Å². The third-order valence-corrected chi connectivity index (χ3v) is 7.02. The largest absolute Gasteiger partial charge is 0.448 e. The summed E-state index contributed by atoms with van der Waals surface area (Å²) in [5, 5.41) is 12.5. The number of carbonyl (C=O) groups excluding carboxylic acids is 2. The summed E-state index contributed by atoms with van der Waals surface area (Å²) < 4.78 is 10.7. The Bertz CT molecular complexity index is 742. The molecule has 2 amide bonds. The van der Waals surface area contributed by atoms with Gasteiger partial charge in [0.25, 0.3) is 0 Å². The average Bonchev–Trinajstić information content (AvgIpc) is 3.40. The van der Waals surface area contributed by atoms with Gasteiger partial charge in [-0.15, -0.1) is 4.99 Å². The molecule has 0 spiro atoms. The van der Waals surface area contributed by atoms with Crippen molar-refractivity contribution >= 4 is 18.0 Å². The molecule has 0 aromatic carbocycles. The van der Waals surface area contributed by atoms with E-state index in [0.717, 1.165) is 45.2 Å². The Hall–Kier alpha value is -2.38. The zero-order valence-corrected chi connectivity index (χ0v) is 20.7. The summed E-state index contributed by atoms with van der Waals surface area (Å²) in [6.07, 6.45) is 4.35. The molecule has 2 saturated heterocycles. The molecule has 1 N–H and O–H groups in total. The molecular formula is C24H40N6O4. The van der Waals surface area contributed by atoms with Crippen LogP contribution in [-0.4, -0.2) is 104 Å². The molecule has 0 aromatic rings. The van der Waals surface area contributed by atoms with Crippen LogP contribution in [0.25, 0.3) is 0 Å². The molecule has 190 valence electrons. The van der Waals surface area contributed by atoms with Gasteiger partial charge < -0.3 is 29.5 Å². The first kappa shape index (κ1) is 26.2. The molecule has 3 rings (SSSR count). The van der Waals surface area contributed by atoms with E-state index in [4.69, 9.17) is 9.47 Å². The Balaban J connectivity index is 1.88. The number of rotatable bonds is 7. The van der Waals surface area contributed by atoms with Gasteiger partial charge in [0.05, 0.1) is 38.2 Å². The number of nitrogens with one attached hydrogen (secondary N) is 1. The van der Waals surface area contributed by atoms with Crippen molar-refractivity contribution in [2.24, 2.45) is 10.9 Å². The number of hydrogen-bond acceptors (Lipinski definition) is 6. The molecule has 3 unspecified atom stereocenters. The number of ether oxygens (including phenoxy) is 2. The molecule has 0 radical (unpaired) electrons. The summed E-state index contributed by atoms with van der Waals surface area (Å²) in [5.41, 5.74) is 0. The lowest BCUT2D eigenvalue weighted by atomic mass is 9.82. The number of aliphatic imine (C=N–C) groups is 1. The Morgan fingerprint density at radius 1 is 1.18 bits per heavy atom. The Morgan fingerprint density at radius 2 is 1.94 bits per heavy atom. The van der Waals surface area contributed by atoms with Crippen LogP contribution in [0.5, 0.6) is 0 Å². The number of nitrogens with zero attached hydrogens (tertiary/aromatic N) is 5. The van der Waals surface area contributed by atoms with Gasteiger partial charge in [0.15, 0.2) is 0 Å². The number of guanidine groups is 1. The van der Waals surface area contributed by atoms with Gasteiger partial charge in [-0.3, -0.25) is 4.79 Å². The van der Waals surface area contributed by atoms with Crippen molar-refractivity contribution in [1.82, 2.24) is 20.0 Å². The van der Waals surface area contributed by atoms with E-state index in [1.165, 1.54) is 0 Å². The Kier molecular flexibility index (Phi) is 10.4. The first-order chi connectivity index (χ1) is 16.6. The molecular weight excluding hydrogens is 436 g/mol. The molecule has 10 heteroatoms. The standard InChI is InChI=1S/C24H40N6O4/c1-3-29(23(27-24(32)34-4-2)28-14-16-33-17-15-28)21-9-6-5-8-20(21)22(31)30(13-7-11-25)19-10-12-26-18-19/h19-21,26H,3-10,12-18H2,1-2H3. The smallest absolute Gasteiger partial charge is 0.436 e. The van der Waals surface area contributed by atoms with Gasteiger partial charge in [-0.25, -0.2) is 4.79 Å². The van der Waals surface area contributed by atoms with E-state index < -0.39 is 6.09 Å². The number of carbonyl (C=O) groups is 2. The third kappa shape index (κ3) is 6.60. The topological polar surface area (TPSA) is 110 Å². The molecule has 10 nitrogen and oxygen atoms in total. The predicted molar refractivity (Wildman–Crippen MR) is 128 cm³/mol. The molecule has 2 aliphatic heterocycles. The van der Waals surface area contributed by atoms with Crippen molar-refractivity contribution in [3.8, 4) is 6.07 Å². The highest BCUT2D eigenvalue weighted by Gasteiger charge is 2.41. The maximum atomic E-state index is 13.9. The highest BCUT2D eigenvalue weighted by Crippen LogP contribution is 2.32. The third-order valence-electron chi connectivity index (χ3n) is 7.02. The quantitative estimate of drug-likeness (QED) is 0.438. The van der Waals surface area contributed by atoms with Gasteiger partial charge in [-0.1, -0.05) is 12.8 Å². The van der Waals surface area contributed by atoms with Crippen LogP contribution in [-0.2, 0) is 14.3 Å². The van der Waals surface area contributed by atoms with Gasteiger partial charge in [-0.2, -0.15) is 5.26 Å². The number of nitriles is 1. The monoisotopic (exact) mass is 476 g/mol. The molecule has 1 aliphatic carbocycles. The van der Waals surface area contributed by atoms with Crippen molar-refractivity contribution < 1.29 is 19.1 Å². The van der Waals surface area contributed by atoms with Gasteiger partial charge in [-0.05, 0) is 39.7 Å². The summed E-state index contributed by atoms with van der Waals surface area (Å²) in [5.74, 6) is 0.519. The van der Waals surface area contributed by atoms with Gasteiger partial charge >= 0.3 is 6.09 Å². The highest BCUT2D eigenvalue weighted by molar-refractivity contribution is 5.91. The minimum atomic E-state index is -0.603. The van der Waals surface area contributed by atoms with E-state index in [9.17, 15) is 14.9 Å². The van der Waals surface area contributed by atoms with E-state index in [2.05, 4.69) is 26.2 Å². The molecule has 0 aromatic heterocycles. The van der Waals surface area contributed by atoms with Crippen molar-refractivity contribution in [2.45, 2.75) is 64.5 Å². The van der Waals surface area contributed by atoms with Crippen LogP contribution in [0.3, 0.4) is 0 Å². The molecule has 3 atom stereocenters. The van der Waals surface area contributed by atoms with E-state index in [1.54, 1.807) is 6.92 Å². The lowest BCUT2D eigenvalue weighted by molar-refractivity contribution is -0.140. The average molecular weight is 477 g/mol. The maximum Gasteiger partial charge on any atom is 0.436 e. The SMILES string of the molecule is CCOC(=O)N=C(N1CCOCC1)N(CC)C1CCCCC1C(=O)N(CCC#N)C1CCNC1. The van der Waals surface area contributed by atoms with Crippen LogP contribution in [0.2, 0.25) is 0 Å². The first-order valence-electron chi connectivity index (χ1n) is 12.8. The van der Waals surface area contributed by atoms with E-state index in [1.807, 2.05) is 11.8 Å². The molecule has 3 aliphatic rings. The van der Waals surface area contributed by atoms with Crippen LogP contribution in [0.1, 0.15) is 52.4 Å². The maximum absolute atomic E-state index is 13.9. The molecule has 1 saturated carbocycles. The van der Waals surface area contributed by atoms with Crippen LogP contribution in [0.15, 0.2) is 4.99 Å².